The molecule has 96 valence electrons. The second kappa shape index (κ2) is 5.67. The van der Waals surface area contributed by atoms with Crippen molar-refractivity contribution in [2.45, 2.75) is 20.3 Å². The average molecular weight is 247 g/mol. The normalized spacial score (nSPS) is 14.0. The zero-order valence-electron chi connectivity index (χ0n) is 10.7. The first-order chi connectivity index (χ1) is 8.70. The minimum absolute atomic E-state index is 0.0294. The van der Waals surface area contributed by atoms with Crippen molar-refractivity contribution in [1.82, 2.24) is 0 Å². The van der Waals surface area contributed by atoms with Crippen LogP contribution in [0.25, 0.3) is 0 Å². The van der Waals surface area contributed by atoms with Crippen molar-refractivity contribution in [2.75, 3.05) is 19.8 Å². The summed E-state index contributed by atoms with van der Waals surface area (Å²) in [7, 11) is 0. The number of ether oxygens (including phenoxy) is 2. The summed E-state index contributed by atoms with van der Waals surface area (Å²) in [5, 5.41) is 0. The van der Waals surface area contributed by atoms with E-state index >= 15 is 0 Å². The highest BCUT2D eigenvalue weighted by Crippen LogP contribution is 2.20. The molecule has 4 heteroatoms. The molecular weight excluding hydrogens is 230 g/mol. The van der Waals surface area contributed by atoms with Crippen LogP contribution in [0.3, 0.4) is 0 Å². The van der Waals surface area contributed by atoms with Gasteiger partial charge in [0.15, 0.2) is 11.7 Å². The van der Waals surface area contributed by atoms with E-state index in [4.69, 9.17) is 9.47 Å². The first-order valence-electron chi connectivity index (χ1n) is 6.13. The Hall–Kier alpha value is -1.84. The Morgan fingerprint density at radius 1 is 1.50 bits per heavy atom. The Balaban J connectivity index is 2.08. The number of ketones is 1. The third-order valence-corrected chi connectivity index (χ3v) is 2.76. The largest absolute Gasteiger partial charge is 0.494 e. The highest BCUT2D eigenvalue weighted by molar-refractivity contribution is 6.07. The monoisotopic (exact) mass is 247 g/mol. The molecule has 1 aliphatic rings. The molecule has 0 spiro atoms. The Morgan fingerprint density at radius 2 is 2.33 bits per heavy atom. The van der Waals surface area contributed by atoms with Crippen LogP contribution in [-0.2, 0) is 4.74 Å². The number of Topliss-reactive ketones (excluding diaryl/α,β-unsaturated/α-hetero) is 1. The van der Waals surface area contributed by atoms with Gasteiger partial charge in [-0.2, -0.15) is 0 Å². The van der Waals surface area contributed by atoms with Crippen LogP contribution in [0.4, 0.5) is 0 Å². The Kier molecular flexibility index (Phi) is 3.97. The maximum Gasteiger partial charge on any atom is 0.191 e. The van der Waals surface area contributed by atoms with Gasteiger partial charge in [-0.15, -0.1) is 0 Å². The van der Waals surface area contributed by atoms with Crippen LogP contribution in [0.15, 0.2) is 23.2 Å². The Labute approximate surface area is 107 Å². The van der Waals surface area contributed by atoms with Crippen LogP contribution in [0.5, 0.6) is 5.75 Å². The van der Waals surface area contributed by atoms with Gasteiger partial charge in [0.2, 0.25) is 0 Å². The second-order valence-corrected chi connectivity index (χ2v) is 4.14. The minimum atomic E-state index is 0.0294. The fourth-order valence-electron chi connectivity index (χ4n) is 1.87. The lowest BCUT2D eigenvalue weighted by Crippen LogP contribution is -2.09. The fourth-order valence-corrected chi connectivity index (χ4v) is 1.87. The molecule has 18 heavy (non-hydrogen) atoms. The van der Waals surface area contributed by atoms with E-state index in [1.807, 2.05) is 26.0 Å². The molecule has 1 heterocycles. The van der Waals surface area contributed by atoms with Gasteiger partial charge in [-0.1, -0.05) is 0 Å². The SMILES string of the molecule is CCOc1ccc(C(=O)CC2=NCCO2)cc1C. The molecule has 0 radical (unpaired) electrons. The molecule has 0 saturated heterocycles. The molecule has 0 fully saturated rings. The van der Waals surface area contributed by atoms with Gasteiger partial charge < -0.3 is 9.47 Å². The lowest BCUT2D eigenvalue weighted by molar-refractivity contribution is 0.0994. The summed E-state index contributed by atoms with van der Waals surface area (Å²) in [5.74, 6) is 1.40. The highest BCUT2D eigenvalue weighted by Gasteiger charge is 2.15. The number of hydrogen-bond donors (Lipinski definition) is 0. The van der Waals surface area contributed by atoms with Crippen LogP contribution in [0.1, 0.15) is 29.3 Å². The summed E-state index contributed by atoms with van der Waals surface area (Å²) in [6, 6.07) is 5.47. The van der Waals surface area contributed by atoms with E-state index in [0.29, 0.717) is 31.2 Å². The number of nitrogens with zero attached hydrogens (tertiary/aromatic N) is 1. The van der Waals surface area contributed by atoms with Gasteiger partial charge in [0.05, 0.1) is 19.6 Å². The van der Waals surface area contributed by atoms with Crippen molar-refractivity contribution >= 4 is 11.7 Å². The summed E-state index contributed by atoms with van der Waals surface area (Å²) in [5.41, 5.74) is 1.64. The van der Waals surface area contributed by atoms with Crippen molar-refractivity contribution in [2.24, 2.45) is 4.99 Å². The van der Waals surface area contributed by atoms with Crippen molar-refractivity contribution in [3.05, 3.63) is 29.3 Å². The molecule has 4 nitrogen and oxygen atoms in total. The third-order valence-electron chi connectivity index (χ3n) is 2.76. The van der Waals surface area contributed by atoms with Gasteiger partial charge in [-0.3, -0.25) is 9.79 Å². The number of rotatable bonds is 5. The summed E-state index contributed by atoms with van der Waals surface area (Å²) >= 11 is 0. The number of carbonyl (C=O) groups excluding carboxylic acids is 1. The van der Waals surface area contributed by atoms with E-state index in [9.17, 15) is 4.79 Å². The summed E-state index contributed by atoms with van der Waals surface area (Å²) < 4.78 is 10.7. The molecule has 0 aromatic heterocycles. The van der Waals surface area contributed by atoms with Crippen LogP contribution in [0.2, 0.25) is 0 Å². The molecule has 1 aromatic rings. The molecule has 2 rings (SSSR count). The van der Waals surface area contributed by atoms with Gasteiger partial charge in [0.25, 0.3) is 0 Å². The molecule has 0 bridgehead atoms. The van der Waals surface area contributed by atoms with Gasteiger partial charge in [0, 0.05) is 5.56 Å². The zero-order chi connectivity index (χ0) is 13.0. The molecule has 0 aliphatic carbocycles. The van der Waals surface area contributed by atoms with Crippen molar-refractivity contribution in [3.8, 4) is 5.75 Å². The topological polar surface area (TPSA) is 47.9 Å². The predicted octanol–water partition coefficient (Wildman–Crippen LogP) is 2.40. The number of aryl methyl sites for hydroxylation is 1. The summed E-state index contributed by atoms with van der Waals surface area (Å²) in [6.07, 6.45) is 0.243. The molecule has 0 amide bonds. The Morgan fingerprint density at radius 3 is 2.94 bits per heavy atom. The first-order valence-corrected chi connectivity index (χ1v) is 6.13. The molecule has 1 aliphatic heterocycles. The maximum atomic E-state index is 12.0. The smallest absolute Gasteiger partial charge is 0.191 e. The van der Waals surface area contributed by atoms with Crippen molar-refractivity contribution in [1.29, 1.82) is 0 Å². The number of carbonyl (C=O) groups is 1. The van der Waals surface area contributed by atoms with E-state index in [0.717, 1.165) is 11.3 Å². The zero-order valence-corrected chi connectivity index (χ0v) is 10.7. The van der Waals surface area contributed by atoms with Gasteiger partial charge in [-0.05, 0) is 37.6 Å². The molecule has 0 unspecified atom stereocenters. The molecule has 1 aromatic carbocycles. The quantitative estimate of drug-likeness (QED) is 0.751. The standard InChI is InChI=1S/C14H17NO3/c1-3-17-13-5-4-11(8-10(13)2)12(16)9-14-15-6-7-18-14/h4-5,8H,3,6-7,9H2,1-2H3. The number of hydrogen-bond acceptors (Lipinski definition) is 4. The molecule has 0 N–H and O–H groups in total. The van der Waals surface area contributed by atoms with Crippen molar-refractivity contribution < 1.29 is 14.3 Å². The molecule has 0 saturated carbocycles. The van der Waals surface area contributed by atoms with E-state index in [2.05, 4.69) is 4.99 Å². The van der Waals surface area contributed by atoms with Gasteiger partial charge in [-0.25, -0.2) is 0 Å². The van der Waals surface area contributed by atoms with Gasteiger partial charge in [0.1, 0.15) is 12.4 Å². The lowest BCUT2D eigenvalue weighted by Gasteiger charge is -2.08. The molecular formula is C14H17NO3. The minimum Gasteiger partial charge on any atom is -0.494 e. The van der Waals surface area contributed by atoms with Crippen LogP contribution < -0.4 is 4.74 Å². The van der Waals surface area contributed by atoms with Crippen molar-refractivity contribution in [3.63, 3.8) is 0 Å². The predicted molar refractivity (Wildman–Crippen MR) is 69.5 cm³/mol. The van der Waals surface area contributed by atoms with Crippen LogP contribution in [-0.4, -0.2) is 31.4 Å². The second-order valence-electron chi connectivity index (χ2n) is 4.14. The van der Waals surface area contributed by atoms with Crippen LogP contribution in [0, 0.1) is 6.92 Å². The number of aliphatic imine (C=N–C) groups is 1. The van der Waals surface area contributed by atoms with Crippen LogP contribution >= 0.6 is 0 Å². The summed E-state index contributed by atoms with van der Waals surface area (Å²) in [6.45, 7) is 5.74. The fraction of sp³-hybridized carbons (Fsp3) is 0.429. The Bertz CT molecular complexity index is 480. The maximum absolute atomic E-state index is 12.0. The van der Waals surface area contributed by atoms with E-state index in [-0.39, 0.29) is 12.2 Å². The van der Waals surface area contributed by atoms with E-state index in [1.54, 1.807) is 6.07 Å². The van der Waals surface area contributed by atoms with E-state index < -0.39 is 0 Å². The third kappa shape index (κ3) is 2.88. The highest BCUT2D eigenvalue weighted by atomic mass is 16.5. The average Bonchev–Trinajstić information content (AvgIpc) is 2.84. The first kappa shape index (κ1) is 12.6. The summed E-state index contributed by atoms with van der Waals surface area (Å²) in [4.78, 5) is 16.1. The molecule has 0 atom stereocenters. The van der Waals surface area contributed by atoms with Gasteiger partial charge >= 0.3 is 0 Å². The number of benzene rings is 1. The van der Waals surface area contributed by atoms with E-state index in [1.165, 1.54) is 0 Å². The lowest BCUT2D eigenvalue weighted by atomic mass is 10.0.